The van der Waals surface area contributed by atoms with Crippen molar-refractivity contribution >= 4 is 22.7 Å². The van der Waals surface area contributed by atoms with Gasteiger partial charge >= 0.3 is 0 Å². The molecule has 34 heavy (non-hydrogen) atoms. The number of anilines is 2. The lowest BCUT2D eigenvalue weighted by molar-refractivity contribution is 0.111. The van der Waals surface area contributed by atoms with Gasteiger partial charge in [-0.3, -0.25) is 0 Å². The minimum absolute atomic E-state index is 0.166. The molecule has 1 saturated carbocycles. The van der Waals surface area contributed by atoms with Crippen molar-refractivity contribution in [1.82, 2.24) is 19.4 Å². The summed E-state index contributed by atoms with van der Waals surface area (Å²) in [5.74, 6) is 0.702. The van der Waals surface area contributed by atoms with Crippen LogP contribution in [0.3, 0.4) is 0 Å². The number of hydrogen-bond acceptors (Lipinski definition) is 6. The fraction of sp³-hybridized carbons (Fsp3) is 0.556. The first-order valence-corrected chi connectivity index (χ1v) is 13.0. The molecule has 0 bridgehead atoms. The molecule has 3 heterocycles. The van der Waals surface area contributed by atoms with Gasteiger partial charge in [-0.05, 0) is 56.8 Å². The van der Waals surface area contributed by atoms with Gasteiger partial charge in [-0.25, -0.2) is 4.98 Å². The highest BCUT2D eigenvalue weighted by Crippen LogP contribution is 2.37. The second-order valence-electron chi connectivity index (χ2n) is 9.96. The van der Waals surface area contributed by atoms with E-state index in [0.717, 1.165) is 82.3 Å². The Morgan fingerprint density at radius 2 is 1.76 bits per heavy atom. The number of nitrogens with zero attached hydrogens (tertiary/aromatic N) is 5. The highest BCUT2D eigenvalue weighted by Gasteiger charge is 2.24. The van der Waals surface area contributed by atoms with E-state index in [0.29, 0.717) is 12.0 Å². The third-order valence-corrected chi connectivity index (χ3v) is 7.49. The van der Waals surface area contributed by atoms with E-state index in [1.54, 1.807) is 0 Å². The van der Waals surface area contributed by atoms with Crippen LogP contribution in [-0.4, -0.2) is 70.4 Å². The molecule has 182 valence electrons. The maximum atomic E-state index is 10.0. The maximum Gasteiger partial charge on any atom is 0.224 e. The van der Waals surface area contributed by atoms with Gasteiger partial charge < -0.3 is 24.8 Å². The third-order valence-electron chi connectivity index (χ3n) is 7.49. The Labute approximate surface area is 202 Å². The molecule has 0 amide bonds. The number of likely N-dealkylation sites (N-methyl/N-ethyl adjacent to an activating group) is 1. The summed E-state index contributed by atoms with van der Waals surface area (Å²) in [5, 5.41) is 14.5. The smallest absolute Gasteiger partial charge is 0.224 e. The topological polar surface area (TPSA) is 69.5 Å². The van der Waals surface area contributed by atoms with Crippen molar-refractivity contribution in [1.29, 1.82) is 0 Å². The fourth-order valence-electron chi connectivity index (χ4n) is 5.25. The Balaban J connectivity index is 1.46. The van der Waals surface area contributed by atoms with Gasteiger partial charge in [0.05, 0.1) is 6.10 Å². The summed E-state index contributed by atoms with van der Waals surface area (Å²) in [7, 11) is 2.19. The van der Waals surface area contributed by atoms with Crippen LogP contribution in [0.25, 0.3) is 22.2 Å². The van der Waals surface area contributed by atoms with E-state index in [9.17, 15) is 5.11 Å². The largest absolute Gasteiger partial charge is 0.393 e. The molecule has 2 aromatic heterocycles. The number of aromatic nitrogens is 3. The molecule has 0 radical (unpaired) electrons. The minimum Gasteiger partial charge on any atom is -0.393 e. The number of nitrogens with one attached hydrogen (secondary N) is 1. The number of fused-ring (bicyclic) bond motifs is 1. The van der Waals surface area contributed by atoms with Gasteiger partial charge in [0.25, 0.3) is 0 Å². The van der Waals surface area contributed by atoms with Crippen LogP contribution >= 0.6 is 0 Å². The third kappa shape index (κ3) is 4.91. The van der Waals surface area contributed by atoms with Gasteiger partial charge in [0.15, 0.2) is 0 Å². The summed E-state index contributed by atoms with van der Waals surface area (Å²) in [5.41, 5.74) is 4.67. The fourth-order valence-corrected chi connectivity index (χ4v) is 5.25. The molecular weight excluding hydrogens is 424 g/mol. The number of benzene rings is 1. The first kappa shape index (κ1) is 23.1. The van der Waals surface area contributed by atoms with Crippen LogP contribution < -0.4 is 10.2 Å². The predicted molar refractivity (Wildman–Crippen MR) is 140 cm³/mol. The molecule has 1 aromatic carbocycles. The van der Waals surface area contributed by atoms with Crippen LogP contribution in [0.15, 0.2) is 36.7 Å². The van der Waals surface area contributed by atoms with Gasteiger partial charge in [-0.1, -0.05) is 25.5 Å². The van der Waals surface area contributed by atoms with E-state index in [1.807, 2.05) is 6.20 Å². The maximum absolute atomic E-state index is 10.0. The van der Waals surface area contributed by atoms with Gasteiger partial charge in [0.2, 0.25) is 5.95 Å². The average Bonchev–Trinajstić information content (AvgIpc) is 3.24. The lowest BCUT2D eigenvalue weighted by Crippen LogP contribution is -2.44. The summed E-state index contributed by atoms with van der Waals surface area (Å²) in [6.45, 7) is 7.44. The van der Waals surface area contributed by atoms with Crippen LogP contribution in [0, 0.1) is 0 Å². The van der Waals surface area contributed by atoms with Crippen molar-refractivity contribution in [3.8, 4) is 11.1 Å². The molecule has 2 fully saturated rings. The molecule has 1 aliphatic heterocycles. The zero-order valence-corrected chi connectivity index (χ0v) is 20.6. The average molecular weight is 463 g/mol. The number of hydrogen-bond donors (Lipinski definition) is 2. The van der Waals surface area contributed by atoms with Crippen molar-refractivity contribution in [3.05, 3.63) is 36.7 Å². The quantitative estimate of drug-likeness (QED) is 0.503. The minimum atomic E-state index is -0.166. The molecule has 0 atom stereocenters. The summed E-state index contributed by atoms with van der Waals surface area (Å²) in [6.07, 6.45) is 10.00. The molecule has 1 saturated heterocycles. The molecule has 2 aliphatic rings. The number of aliphatic hydroxyl groups is 1. The highest BCUT2D eigenvalue weighted by molar-refractivity contribution is 5.94. The van der Waals surface area contributed by atoms with Crippen molar-refractivity contribution < 1.29 is 5.11 Å². The van der Waals surface area contributed by atoms with E-state index in [1.165, 1.54) is 16.8 Å². The van der Waals surface area contributed by atoms with E-state index in [2.05, 4.69) is 69.1 Å². The number of aliphatic hydroxyl groups excluding tert-OH is 1. The van der Waals surface area contributed by atoms with E-state index < -0.39 is 0 Å². The molecule has 7 nitrogen and oxygen atoms in total. The van der Waals surface area contributed by atoms with Crippen molar-refractivity contribution in [2.75, 3.05) is 50.0 Å². The van der Waals surface area contributed by atoms with Gasteiger partial charge in [-0.2, -0.15) is 4.98 Å². The summed E-state index contributed by atoms with van der Waals surface area (Å²) in [6, 6.07) is 9.35. The number of unbranched alkanes of at least 4 members (excludes halogenated alkanes) is 1. The van der Waals surface area contributed by atoms with Crippen LogP contribution in [0.2, 0.25) is 0 Å². The summed E-state index contributed by atoms with van der Waals surface area (Å²) in [4.78, 5) is 14.5. The van der Waals surface area contributed by atoms with Crippen LogP contribution in [0.4, 0.5) is 11.6 Å². The molecule has 3 aromatic rings. The lowest BCUT2D eigenvalue weighted by Gasteiger charge is -2.34. The molecule has 0 spiro atoms. The number of piperazine rings is 1. The first-order valence-electron chi connectivity index (χ1n) is 13.0. The molecule has 2 N–H and O–H groups in total. The Bertz CT molecular complexity index is 1080. The SMILES string of the molecule is CCCCNc1ncc2c(-c3ccc(N4CCN(C)CC4)cc3)cn([C@H]3CC[C@H](O)CC3)c2n1. The van der Waals surface area contributed by atoms with Crippen molar-refractivity contribution in [2.45, 2.75) is 57.6 Å². The lowest BCUT2D eigenvalue weighted by atomic mass is 9.93. The highest BCUT2D eigenvalue weighted by atomic mass is 16.3. The van der Waals surface area contributed by atoms with Crippen LogP contribution in [0.5, 0.6) is 0 Å². The Hall–Kier alpha value is -2.64. The second kappa shape index (κ2) is 10.3. The number of rotatable bonds is 7. The molecule has 5 rings (SSSR count). The standard InChI is InChI=1S/C27H38N6O/c1-3-4-13-28-27-29-18-24-25(19-33(26(24)30-27)22-9-11-23(34)12-10-22)20-5-7-21(8-6-20)32-16-14-31(2)15-17-32/h5-8,18-19,22-23,34H,3-4,9-17H2,1-2H3,(H,28,29,30)/t22-,23-. The van der Waals surface area contributed by atoms with Crippen molar-refractivity contribution in [3.63, 3.8) is 0 Å². The Morgan fingerprint density at radius 1 is 1.03 bits per heavy atom. The molecule has 0 unspecified atom stereocenters. The Kier molecular flexibility index (Phi) is 7.02. The van der Waals surface area contributed by atoms with Crippen LogP contribution in [-0.2, 0) is 0 Å². The summed E-state index contributed by atoms with van der Waals surface area (Å²) < 4.78 is 2.34. The normalized spacial score (nSPS) is 21.8. The van der Waals surface area contributed by atoms with Gasteiger partial charge in [0.1, 0.15) is 5.65 Å². The van der Waals surface area contributed by atoms with Gasteiger partial charge in [0, 0.05) is 67.8 Å². The first-order chi connectivity index (χ1) is 16.6. The van der Waals surface area contributed by atoms with Gasteiger partial charge in [-0.15, -0.1) is 0 Å². The molecule has 1 aliphatic carbocycles. The monoisotopic (exact) mass is 462 g/mol. The van der Waals surface area contributed by atoms with E-state index in [4.69, 9.17) is 4.98 Å². The van der Waals surface area contributed by atoms with E-state index in [-0.39, 0.29) is 6.10 Å². The Morgan fingerprint density at radius 3 is 2.47 bits per heavy atom. The van der Waals surface area contributed by atoms with Crippen LogP contribution in [0.1, 0.15) is 51.5 Å². The second-order valence-corrected chi connectivity index (χ2v) is 9.96. The predicted octanol–water partition coefficient (Wildman–Crippen LogP) is 4.54. The molecule has 7 heteroatoms. The zero-order valence-electron chi connectivity index (χ0n) is 20.6. The summed E-state index contributed by atoms with van der Waals surface area (Å²) >= 11 is 0. The molecular formula is C27H38N6O. The van der Waals surface area contributed by atoms with E-state index >= 15 is 0 Å². The zero-order chi connectivity index (χ0) is 23.5. The van der Waals surface area contributed by atoms with Crippen molar-refractivity contribution in [2.24, 2.45) is 0 Å².